The van der Waals surface area contributed by atoms with Crippen molar-refractivity contribution < 1.29 is 0 Å². The van der Waals surface area contributed by atoms with Crippen molar-refractivity contribution in [2.24, 2.45) is 5.92 Å². The molecule has 1 unspecified atom stereocenters. The third-order valence-electron chi connectivity index (χ3n) is 3.02. The Morgan fingerprint density at radius 1 is 1.12 bits per heavy atom. The van der Waals surface area contributed by atoms with E-state index in [1.165, 1.54) is 30.4 Å². The van der Waals surface area contributed by atoms with Gasteiger partial charge < -0.3 is 5.32 Å². The lowest BCUT2D eigenvalue weighted by Crippen LogP contribution is -2.24. The molecule has 0 amide bonds. The van der Waals surface area contributed by atoms with Gasteiger partial charge in [-0.15, -0.1) is 0 Å². The van der Waals surface area contributed by atoms with Gasteiger partial charge in [0.15, 0.2) is 0 Å². The summed E-state index contributed by atoms with van der Waals surface area (Å²) in [6.07, 6.45) is 3.81. The van der Waals surface area contributed by atoms with E-state index in [1.54, 1.807) is 0 Å². The number of rotatable bonds is 7. The fourth-order valence-corrected chi connectivity index (χ4v) is 2.09. The SMILES string of the molecule is CCCC(CNCC)Cc1ccc(C)cc1. The van der Waals surface area contributed by atoms with Crippen molar-refractivity contribution in [2.75, 3.05) is 13.1 Å². The molecule has 16 heavy (non-hydrogen) atoms. The second kappa shape index (κ2) is 7.45. The summed E-state index contributed by atoms with van der Waals surface area (Å²) in [5, 5.41) is 3.46. The van der Waals surface area contributed by atoms with Crippen LogP contribution in [0.25, 0.3) is 0 Å². The first-order valence-electron chi connectivity index (χ1n) is 6.52. The molecule has 0 saturated carbocycles. The number of benzene rings is 1. The van der Waals surface area contributed by atoms with Gasteiger partial charge in [-0.25, -0.2) is 0 Å². The smallest absolute Gasteiger partial charge is 0.00175 e. The van der Waals surface area contributed by atoms with Crippen LogP contribution >= 0.6 is 0 Å². The maximum absolute atomic E-state index is 3.46. The van der Waals surface area contributed by atoms with E-state index >= 15 is 0 Å². The normalized spacial score (nSPS) is 12.7. The Bertz CT molecular complexity index is 276. The number of nitrogens with one attached hydrogen (secondary N) is 1. The van der Waals surface area contributed by atoms with Crippen LogP contribution in [0.2, 0.25) is 0 Å². The zero-order valence-corrected chi connectivity index (χ0v) is 10.9. The van der Waals surface area contributed by atoms with E-state index < -0.39 is 0 Å². The molecule has 0 aliphatic heterocycles. The molecule has 1 rings (SSSR count). The topological polar surface area (TPSA) is 12.0 Å². The van der Waals surface area contributed by atoms with Crippen LogP contribution in [0.3, 0.4) is 0 Å². The van der Waals surface area contributed by atoms with Gasteiger partial charge in [0, 0.05) is 0 Å². The lowest BCUT2D eigenvalue weighted by molar-refractivity contribution is 0.444. The van der Waals surface area contributed by atoms with E-state index in [-0.39, 0.29) is 0 Å². The fraction of sp³-hybridized carbons (Fsp3) is 0.600. The van der Waals surface area contributed by atoms with Gasteiger partial charge >= 0.3 is 0 Å². The van der Waals surface area contributed by atoms with Crippen LogP contribution in [0.1, 0.15) is 37.8 Å². The summed E-state index contributed by atoms with van der Waals surface area (Å²) in [6, 6.07) is 8.96. The van der Waals surface area contributed by atoms with E-state index in [1.807, 2.05) is 0 Å². The van der Waals surface area contributed by atoms with Gasteiger partial charge in [0.2, 0.25) is 0 Å². The average Bonchev–Trinajstić information content (AvgIpc) is 2.29. The molecule has 0 spiro atoms. The minimum atomic E-state index is 0.785. The van der Waals surface area contributed by atoms with Crippen molar-refractivity contribution >= 4 is 0 Å². The largest absolute Gasteiger partial charge is 0.317 e. The van der Waals surface area contributed by atoms with Gasteiger partial charge in [-0.2, -0.15) is 0 Å². The van der Waals surface area contributed by atoms with Crippen molar-refractivity contribution in [3.63, 3.8) is 0 Å². The highest BCUT2D eigenvalue weighted by atomic mass is 14.8. The third-order valence-corrected chi connectivity index (χ3v) is 3.02. The summed E-state index contributed by atoms with van der Waals surface area (Å²) in [4.78, 5) is 0. The molecule has 90 valence electrons. The lowest BCUT2D eigenvalue weighted by atomic mass is 9.94. The molecule has 1 N–H and O–H groups in total. The highest BCUT2D eigenvalue weighted by molar-refractivity contribution is 5.21. The highest BCUT2D eigenvalue weighted by Crippen LogP contribution is 2.14. The molecule has 1 atom stereocenters. The first kappa shape index (κ1) is 13.2. The van der Waals surface area contributed by atoms with Crippen LogP contribution in [-0.4, -0.2) is 13.1 Å². The van der Waals surface area contributed by atoms with Crippen molar-refractivity contribution in [3.8, 4) is 0 Å². The summed E-state index contributed by atoms with van der Waals surface area (Å²) < 4.78 is 0. The molecule has 0 saturated heterocycles. The molecule has 1 aromatic carbocycles. The average molecular weight is 219 g/mol. The summed E-state index contributed by atoms with van der Waals surface area (Å²) in [6.45, 7) is 8.82. The number of hydrogen-bond donors (Lipinski definition) is 1. The zero-order chi connectivity index (χ0) is 11.8. The Labute approximate surface area is 100 Å². The summed E-state index contributed by atoms with van der Waals surface area (Å²) in [7, 11) is 0. The molecule has 1 heteroatoms. The third kappa shape index (κ3) is 4.80. The Hall–Kier alpha value is -0.820. The van der Waals surface area contributed by atoms with Crippen molar-refractivity contribution in [1.29, 1.82) is 0 Å². The van der Waals surface area contributed by atoms with Crippen molar-refractivity contribution in [2.45, 2.75) is 40.0 Å². The standard InChI is InChI=1S/C15H25N/c1-4-6-15(12-16-5-2)11-14-9-7-13(3)8-10-14/h7-10,15-16H,4-6,11-12H2,1-3H3. The van der Waals surface area contributed by atoms with E-state index in [9.17, 15) is 0 Å². The Balaban J connectivity index is 2.49. The molecule has 0 bridgehead atoms. The predicted molar refractivity (Wildman–Crippen MR) is 71.8 cm³/mol. The molecule has 0 aromatic heterocycles. The first-order chi connectivity index (χ1) is 7.76. The van der Waals surface area contributed by atoms with E-state index in [2.05, 4.69) is 50.4 Å². The quantitative estimate of drug-likeness (QED) is 0.739. The van der Waals surface area contributed by atoms with Crippen LogP contribution in [0.5, 0.6) is 0 Å². The maximum Gasteiger partial charge on any atom is -0.00175 e. The van der Waals surface area contributed by atoms with Gasteiger partial charge in [-0.1, -0.05) is 50.1 Å². The second-order valence-electron chi connectivity index (χ2n) is 4.65. The molecule has 0 heterocycles. The van der Waals surface area contributed by atoms with E-state index in [0.29, 0.717) is 0 Å². The molecule has 0 fully saturated rings. The van der Waals surface area contributed by atoms with Gasteiger partial charge in [-0.3, -0.25) is 0 Å². The van der Waals surface area contributed by atoms with Crippen LogP contribution in [0.4, 0.5) is 0 Å². The molecule has 0 aliphatic carbocycles. The lowest BCUT2D eigenvalue weighted by Gasteiger charge is -2.16. The zero-order valence-electron chi connectivity index (χ0n) is 10.9. The second-order valence-corrected chi connectivity index (χ2v) is 4.65. The predicted octanol–water partition coefficient (Wildman–Crippen LogP) is 3.56. The Morgan fingerprint density at radius 3 is 2.38 bits per heavy atom. The number of hydrogen-bond acceptors (Lipinski definition) is 1. The Kier molecular flexibility index (Phi) is 6.17. The molecule has 0 radical (unpaired) electrons. The van der Waals surface area contributed by atoms with Gasteiger partial charge in [0.1, 0.15) is 0 Å². The summed E-state index contributed by atoms with van der Waals surface area (Å²) >= 11 is 0. The first-order valence-corrected chi connectivity index (χ1v) is 6.52. The van der Waals surface area contributed by atoms with E-state index in [4.69, 9.17) is 0 Å². The monoisotopic (exact) mass is 219 g/mol. The van der Waals surface area contributed by atoms with Crippen LogP contribution in [-0.2, 0) is 6.42 Å². The molecular weight excluding hydrogens is 194 g/mol. The molecule has 1 aromatic rings. The fourth-order valence-electron chi connectivity index (χ4n) is 2.09. The van der Waals surface area contributed by atoms with Gasteiger partial charge in [0.25, 0.3) is 0 Å². The van der Waals surface area contributed by atoms with Crippen LogP contribution < -0.4 is 5.32 Å². The molecule has 1 nitrogen and oxygen atoms in total. The summed E-state index contributed by atoms with van der Waals surface area (Å²) in [5.74, 6) is 0.785. The maximum atomic E-state index is 3.46. The highest BCUT2D eigenvalue weighted by Gasteiger charge is 2.07. The van der Waals surface area contributed by atoms with E-state index in [0.717, 1.165) is 19.0 Å². The van der Waals surface area contributed by atoms with Crippen molar-refractivity contribution in [1.82, 2.24) is 5.32 Å². The Morgan fingerprint density at radius 2 is 1.81 bits per heavy atom. The number of aryl methyl sites for hydroxylation is 1. The van der Waals surface area contributed by atoms with Gasteiger partial charge in [-0.05, 0) is 44.3 Å². The molecular formula is C15H25N. The van der Waals surface area contributed by atoms with Crippen LogP contribution in [0.15, 0.2) is 24.3 Å². The van der Waals surface area contributed by atoms with Gasteiger partial charge in [0.05, 0.1) is 0 Å². The molecule has 0 aliphatic rings. The minimum absolute atomic E-state index is 0.785. The van der Waals surface area contributed by atoms with Crippen molar-refractivity contribution in [3.05, 3.63) is 35.4 Å². The van der Waals surface area contributed by atoms with Crippen LogP contribution in [0, 0.1) is 12.8 Å². The summed E-state index contributed by atoms with van der Waals surface area (Å²) in [5.41, 5.74) is 2.82. The minimum Gasteiger partial charge on any atom is -0.317 e.